The molecule has 240 valence electrons. The van der Waals surface area contributed by atoms with Gasteiger partial charge in [0.2, 0.25) is 0 Å². The molecule has 2 aromatic carbocycles. The Bertz CT molecular complexity index is 1170. The number of halogens is 8. The number of hydrogen-bond donors (Lipinski definition) is 1. The first-order valence-electron chi connectivity index (χ1n) is 12.8. The third-order valence-corrected chi connectivity index (χ3v) is 5.73. The van der Waals surface area contributed by atoms with Crippen LogP contribution in [0.15, 0.2) is 48.5 Å². The molecule has 1 atom stereocenters. The Labute approximate surface area is 241 Å². The fourth-order valence-electron chi connectivity index (χ4n) is 3.62. The third kappa shape index (κ3) is 12.1. The van der Waals surface area contributed by atoms with Gasteiger partial charge in [0.05, 0.1) is 6.54 Å². The lowest BCUT2D eigenvalue weighted by molar-refractivity contribution is -0.284. The maximum atomic E-state index is 13.3. The summed E-state index contributed by atoms with van der Waals surface area (Å²) < 4.78 is 122. The summed E-state index contributed by atoms with van der Waals surface area (Å²) in [5, 5.41) is 9.21. The number of alkyl halides is 8. The molecule has 0 aliphatic rings. The molecule has 0 aliphatic carbocycles. The van der Waals surface area contributed by atoms with Gasteiger partial charge in [0.15, 0.2) is 17.6 Å². The number of benzene rings is 2. The van der Waals surface area contributed by atoms with Crippen molar-refractivity contribution in [3.8, 4) is 17.2 Å². The van der Waals surface area contributed by atoms with Gasteiger partial charge in [-0.1, -0.05) is 24.3 Å². The van der Waals surface area contributed by atoms with Crippen molar-refractivity contribution in [2.75, 3.05) is 26.3 Å². The fourth-order valence-corrected chi connectivity index (χ4v) is 3.62. The average molecular weight is 632 g/mol. The van der Waals surface area contributed by atoms with E-state index in [1.165, 1.54) is 24.3 Å². The Morgan fingerprint density at radius 2 is 1.51 bits per heavy atom. The molecule has 2 rings (SSSR count). The molecule has 0 saturated heterocycles. The number of amides is 1. The van der Waals surface area contributed by atoms with Crippen molar-refractivity contribution in [1.82, 2.24) is 4.90 Å². The Kier molecular flexibility index (Phi) is 12.8. The van der Waals surface area contributed by atoms with E-state index in [1.54, 1.807) is 19.1 Å². The second-order valence-corrected chi connectivity index (χ2v) is 8.99. The SMILES string of the molecule is CCOC(Cc1ccc(OCCN(CCCCC(F)(F)C(F)(F)F)C(=O)Oc2ccccc2OC(F)(F)F)cc1)C(=O)O. The number of carbonyl (C=O) groups is 2. The predicted molar refractivity (Wildman–Crippen MR) is 134 cm³/mol. The molecule has 0 saturated carbocycles. The molecule has 0 spiro atoms. The van der Waals surface area contributed by atoms with E-state index >= 15 is 0 Å². The van der Waals surface area contributed by atoms with Crippen molar-refractivity contribution < 1.29 is 68.8 Å². The highest BCUT2D eigenvalue weighted by Gasteiger charge is 2.56. The minimum absolute atomic E-state index is 0.0793. The molecule has 2 aromatic rings. The predicted octanol–water partition coefficient (Wildman–Crippen LogP) is 6.87. The van der Waals surface area contributed by atoms with E-state index in [0.29, 0.717) is 5.56 Å². The monoisotopic (exact) mass is 631 g/mol. The summed E-state index contributed by atoms with van der Waals surface area (Å²) in [7, 11) is 0. The van der Waals surface area contributed by atoms with Crippen LogP contribution < -0.4 is 14.2 Å². The number of unbranched alkanes of at least 4 members (excludes halogenated alkanes) is 1. The maximum Gasteiger partial charge on any atom is 0.573 e. The highest BCUT2D eigenvalue weighted by molar-refractivity contribution is 5.73. The van der Waals surface area contributed by atoms with Gasteiger partial charge in [-0.2, -0.15) is 22.0 Å². The molecule has 0 aromatic heterocycles. The van der Waals surface area contributed by atoms with Crippen LogP contribution in [-0.4, -0.2) is 72.9 Å². The molecule has 1 amide bonds. The number of nitrogens with zero attached hydrogens (tertiary/aromatic N) is 1. The van der Waals surface area contributed by atoms with Crippen LogP contribution in [0.4, 0.5) is 39.9 Å². The molecule has 1 N–H and O–H groups in total. The number of hydrogen-bond acceptors (Lipinski definition) is 6. The van der Waals surface area contributed by atoms with Gasteiger partial charge in [-0.15, -0.1) is 13.2 Å². The van der Waals surface area contributed by atoms with E-state index in [9.17, 15) is 49.8 Å². The minimum Gasteiger partial charge on any atom is -0.492 e. The molecule has 43 heavy (non-hydrogen) atoms. The number of ether oxygens (including phenoxy) is 4. The smallest absolute Gasteiger partial charge is 0.492 e. The lowest BCUT2D eigenvalue weighted by atomic mass is 10.1. The Morgan fingerprint density at radius 3 is 2.07 bits per heavy atom. The molecule has 0 heterocycles. The normalized spacial score (nSPS) is 12.9. The lowest BCUT2D eigenvalue weighted by Gasteiger charge is -2.24. The van der Waals surface area contributed by atoms with E-state index < -0.39 is 61.0 Å². The Hall–Kier alpha value is -3.82. The Morgan fingerprint density at radius 1 is 0.884 bits per heavy atom. The van der Waals surface area contributed by atoms with Crippen molar-refractivity contribution in [2.24, 2.45) is 0 Å². The topological polar surface area (TPSA) is 94.5 Å². The first kappa shape index (κ1) is 35.4. The van der Waals surface area contributed by atoms with Gasteiger partial charge in [0.1, 0.15) is 12.4 Å². The molecule has 0 radical (unpaired) electrons. The van der Waals surface area contributed by atoms with Crippen molar-refractivity contribution >= 4 is 12.1 Å². The first-order valence-corrected chi connectivity index (χ1v) is 12.8. The number of rotatable bonds is 16. The van der Waals surface area contributed by atoms with Crippen molar-refractivity contribution in [2.45, 2.75) is 57.2 Å². The number of carboxylic acid groups (broad SMARTS) is 1. The van der Waals surface area contributed by atoms with Gasteiger partial charge in [-0.3, -0.25) is 0 Å². The van der Waals surface area contributed by atoms with Crippen LogP contribution in [0.2, 0.25) is 0 Å². The maximum absolute atomic E-state index is 13.3. The van der Waals surface area contributed by atoms with E-state index in [0.717, 1.165) is 17.0 Å². The average Bonchev–Trinajstić information content (AvgIpc) is 2.90. The molecule has 0 aliphatic heterocycles. The zero-order chi connectivity index (χ0) is 32.3. The van der Waals surface area contributed by atoms with E-state index in [4.69, 9.17) is 14.2 Å². The van der Waals surface area contributed by atoms with Gasteiger partial charge in [-0.25, -0.2) is 9.59 Å². The quantitative estimate of drug-likeness (QED) is 0.160. The molecule has 0 bridgehead atoms. The van der Waals surface area contributed by atoms with Crippen LogP contribution >= 0.6 is 0 Å². The third-order valence-electron chi connectivity index (χ3n) is 5.73. The van der Waals surface area contributed by atoms with Gasteiger partial charge in [0, 0.05) is 26.0 Å². The zero-order valence-electron chi connectivity index (χ0n) is 22.7. The highest BCUT2D eigenvalue weighted by Crippen LogP contribution is 2.39. The van der Waals surface area contributed by atoms with Crippen LogP contribution in [0.3, 0.4) is 0 Å². The van der Waals surface area contributed by atoms with Crippen LogP contribution in [0.25, 0.3) is 0 Å². The van der Waals surface area contributed by atoms with Crippen LogP contribution in [0.5, 0.6) is 17.2 Å². The van der Waals surface area contributed by atoms with Crippen LogP contribution in [0.1, 0.15) is 31.7 Å². The number of aliphatic carboxylic acids is 1. The summed E-state index contributed by atoms with van der Waals surface area (Å²) in [6, 6.07) is 10.5. The van der Waals surface area contributed by atoms with Gasteiger partial charge < -0.3 is 29.0 Å². The lowest BCUT2D eigenvalue weighted by Crippen LogP contribution is -2.38. The molecule has 16 heteroatoms. The molecule has 1 unspecified atom stereocenters. The summed E-state index contributed by atoms with van der Waals surface area (Å²) in [5.74, 6) is -7.23. The van der Waals surface area contributed by atoms with Crippen molar-refractivity contribution in [3.63, 3.8) is 0 Å². The van der Waals surface area contributed by atoms with E-state index in [-0.39, 0.29) is 44.9 Å². The Balaban J connectivity index is 2.06. The number of para-hydroxylation sites is 2. The number of carboxylic acids is 1. The van der Waals surface area contributed by atoms with E-state index in [1.807, 2.05) is 0 Å². The molecule has 0 fully saturated rings. The second kappa shape index (κ2) is 15.6. The summed E-state index contributed by atoms with van der Waals surface area (Å²) in [6.07, 6.45) is -15.5. The summed E-state index contributed by atoms with van der Waals surface area (Å²) in [6.45, 7) is 0.946. The van der Waals surface area contributed by atoms with Crippen molar-refractivity contribution in [3.05, 3.63) is 54.1 Å². The number of carbonyl (C=O) groups excluding carboxylic acids is 1. The minimum atomic E-state index is -5.74. The van der Waals surface area contributed by atoms with E-state index in [2.05, 4.69) is 4.74 Å². The first-order chi connectivity index (χ1) is 20.0. The van der Waals surface area contributed by atoms with Crippen molar-refractivity contribution in [1.29, 1.82) is 0 Å². The van der Waals surface area contributed by atoms with Crippen LogP contribution in [0, 0.1) is 0 Å². The second-order valence-electron chi connectivity index (χ2n) is 8.99. The molecule has 8 nitrogen and oxygen atoms in total. The van der Waals surface area contributed by atoms with Gasteiger partial charge >= 0.3 is 30.5 Å². The van der Waals surface area contributed by atoms with Gasteiger partial charge in [0.25, 0.3) is 0 Å². The largest absolute Gasteiger partial charge is 0.573 e. The molecular formula is C27H29F8NO7. The fraction of sp³-hybridized carbons (Fsp3) is 0.481. The van der Waals surface area contributed by atoms with Gasteiger partial charge in [-0.05, 0) is 49.6 Å². The summed E-state index contributed by atoms with van der Waals surface area (Å²) in [4.78, 5) is 24.9. The van der Waals surface area contributed by atoms with Crippen LogP contribution in [-0.2, 0) is 16.0 Å². The zero-order valence-corrected chi connectivity index (χ0v) is 22.7. The highest BCUT2D eigenvalue weighted by atomic mass is 19.4. The molecular weight excluding hydrogens is 602 g/mol. The summed E-state index contributed by atoms with van der Waals surface area (Å²) >= 11 is 0. The standard InChI is InChI=1S/C27H29F8NO7/c1-2-40-22(23(37)38)17-18-9-11-19(12-10-18)41-16-15-36(14-6-5-13-25(28,29)26(30,31)32)24(39)42-20-7-3-4-8-21(20)43-27(33,34)35/h3-4,7-12,22H,2,5-6,13-17H2,1H3,(H,37,38). The summed E-state index contributed by atoms with van der Waals surface area (Å²) in [5.41, 5.74) is 0.619.